The van der Waals surface area contributed by atoms with Crippen molar-refractivity contribution in [3.8, 4) is 0 Å². The molecule has 0 spiro atoms. The largest absolute Gasteiger partial charge is 0.480 e. The Bertz CT molecular complexity index is 340. The highest BCUT2D eigenvalue weighted by Crippen LogP contribution is 2.31. The lowest BCUT2D eigenvalue weighted by molar-refractivity contribution is -0.147. The molecule has 2 aliphatic rings. The lowest BCUT2D eigenvalue weighted by Crippen LogP contribution is -2.58. The first-order valence-electron chi connectivity index (χ1n) is 8.37. The number of nitrogens with one attached hydrogen (secondary N) is 1. The van der Waals surface area contributed by atoms with Crippen LogP contribution in [0.3, 0.4) is 0 Å². The second-order valence-corrected chi connectivity index (χ2v) is 6.60. The molecule has 1 saturated carbocycles. The molecule has 5 heteroatoms. The molecule has 2 fully saturated rings. The van der Waals surface area contributed by atoms with Crippen LogP contribution >= 0.6 is 0 Å². The van der Waals surface area contributed by atoms with Gasteiger partial charge >= 0.3 is 5.97 Å². The first-order valence-corrected chi connectivity index (χ1v) is 8.37. The number of rotatable bonds is 6. The van der Waals surface area contributed by atoms with Gasteiger partial charge in [-0.15, -0.1) is 0 Å². The normalized spacial score (nSPS) is 34.0. The molecule has 1 aliphatic carbocycles. The highest BCUT2D eigenvalue weighted by atomic mass is 16.5. The molecule has 0 radical (unpaired) electrons. The van der Waals surface area contributed by atoms with Gasteiger partial charge in [0.2, 0.25) is 0 Å². The predicted molar refractivity (Wildman–Crippen MR) is 82.5 cm³/mol. The minimum Gasteiger partial charge on any atom is -0.480 e. The zero-order chi connectivity index (χ0) is 15.3. The van der Waals surface area contributed by atoms with Crippen LogP contribution < -0.4 is 5.32 Å². The van der Waals surface area contributed by atoms with Crippen molar-refractivity contribution >= 4 is 5.97 Å². The van der Waals surface area contributed by atoms with Gasteiger partial charge in [-0.2, -0.15) is 0 Å². The number of nitrogens with zero attached hydrogens (tertiary/aromatic N) is 1. The van der Waals surface area contributed by atoms with Crippen LogP contribution in [0.2, 0.25) is 0 Å². The number of carbonyl (C=O) groups is 1. The van der Waals surface area contributed by atoms with Crippen LogP contribution in [0.25, 0.3) is 0 Å². The molecule has 0 amide bonds. The average Bonchev–Trinajstić information content (AvgIpc) is 2.48. The van der Waals surface area contributed by atoms with Gasteiger partial charge in [-0.1, -0.05) is 6.92 Å². The van der Waals surface area contributed by atoms with Gasteiger partial charge in [0.05, 0.1) is 6.10 Å². The van der Waals surface area contributed by atoms with E-state index in [1.165, 1.54) is 12.8 Å². The Morgan fingerprint density at radius 3 is 2.81 bits per heavy atom. The van der Waals surface area contributed by atoms with Crippen molar-refractivity contribution in [1.29, 1.82) is 0 Å². The van der Waals surface area contributed by atoms with E-state index in [2.05, 4.69) is 17.3 Å². The molecular formula is C16H30N2O3. The fraction of sp³-hybridized carbons (Fsp3) is 0.938. The third-order valence-corrected chi connectivity index (χ3v) is 5.04. The molecule has 2 N–H and O–H groups in total. The van der Waals surface area contributed by atoms with Crippen molar-refractivity contribution in [2.45, 2.75) is 69.6 Å². The topological polar surface area (TPSA) is 61.8 Å². The van der Waals surface area contributed by atoms with Crippen molar-refractivity contribution in [3.05, 3.63) is 0 Å². The summed E-state index contributed by atoms with van der Waals surface area (Å²) in [5.74, 6) is -0.698. The number of carboxylic acid groups (broad SMARTS) is 1. The Kier molecular flexibility index (Phi) is 6.02. The molecule has 3 atom stereocenters. The summed E-state index contributed by atoms with van der Waals surface area (Å²) in [7, 11) is 2.12. The summed E-state index contributed by atoms with van der Waals surface area (Å²) < 4.78 is 5.81. The molecule has 122 valence electrons. The maximum atomic E-state index is 11.7. The predicted octanol–water partition coefficient (Wildman–Crippen LogP) is 1.86. The molecule has 1 aliphatic heterocycles. The van der Waals surface area contributed by atoms with E-state index in [0.717, 1.165) is 38.8 Å². The van der Waals surface area contributed by atoms with Gasteiger partial charge in [0, 0.05) is 19.2 Å². The van der Waals surface area contributed by atoms with Crippen LogP contribution in [0.4, 0.5) is 0 Å². The fourth-order valence-electron chi connectivity index (χ4n) is 3.81. The minimum absolute atomic E-state index is 0.323. The van der Waals surface area contributed by atoms with Crippen molar-refractivity contribution in [2.75, 3.05) is 26.7 Å². The van der Waals surface area contributed by atoms with Crippen molar-refractivity contribution in [2.24, 2.45) is 0 Å². The van der Waals surface area contributed by atoms with Crippen molar-refractivity contribution in [1.82, 2.24) is 10.2 Å². The van der Waals surface area contributed by atoms with Gasteiger partial charge in [0.1, 0.15) is 5.54 Å². The average molecular weight is 298 g/mol. The van der Waals surface area contributed by atoms with E-state index in [9.17, 15) is 9.90 Å². The summed E-state index contributed by atoms with van der Waals surface area (Å²) in [6.07, 6.45) is 7.37. The lowest BCUT2D eigenvalue weighted by Gasteiger charge is -2.42. The van der Waals surface area contributed by atoms with E-state index in [0.29, 0.717) is 25.1 Å². The zero-order valence-corrected chi connectivity index (χ0v) is 13.4. The third kappa shape index (κ3) is 4.18. The number of carboxylic acids is 1. The van der Waals surface area contributed by atoms with Crippen LogP contribution in [0.1, 0.15) is 51.9 Å². The molecule has 3 unspecified atom stereocenters. The van der Waals surface area contributed by atoms with E-state index in [-0.39, 0.29) is 0 Å². The monoisotopic (exact) mass is 298 g/mol. The molecular weight excluding hydrogens is 268 g/mol. The van der Waals surface area contributed by atoms with Crippen LogP contribution in [0, 0.1) is 0 Å². The van der Waals surface area contributed by atoms with E-state index < -0.39 is 11.5 Å². The molecule has 0 aromatic carbocycles. The van der Waals surface area contributed by atoms with Gasteiger partial charge in [0.15, 0.2) is 0 Å². The van der Waals surface area contributed by atoms with Crippen molar-refractivity contribution < 1.29 is 14.6 Å². The second kappa shape index (κ2) is 7.56. The standard InChI is InChI=1S/C16H30N2O3/c1-3-17-16(15(19)20)9-6-7-13(11-16)18(2)12-14-8-4-5-10-21-14/h13-14,17H,3-12H2,1-2H3,(H,19,20). The number of hydrogen-bond donors (Lipinski definition) is 2. The van der Waals surface area contributed by atoms with Crippen LogP contribution in [-0.4, -0.2) is 60.4 Å². The Morgan fingerprint density at radius 1 is 1.38 bits per heavy atom. The lowest BCUT2D eigenvalue weighted by atomic mass is 9.78. The maximum Gasteiger partial charge on any atom is 0.323 e. The summed E-state index contributed by atoms with van der Waals surface area (Å²) in [5.41, 5.74) is -0.737. The fourth-order valence-corrected chi connectivity index (χ4v) is 3.81. The molecule has 0 aromatic heterocycles. The van der Waals surface area contributed by atoms with Crippen LogP contribution in [-0.2, 0) is 9.53 Å². The van der Waals surface area contributed by atoms with Gasteiger partial charge in [-0.25, -0.2) is 0 Å². The summed E-state index contributed by atoms with van der Waals surface area (Å²) in [6.45, 7) is 4.48. The van der Waals surface area contributed by atoms with Gasteiger partial charge in [0.25, 0.3) is 0 Å². The molecule has 5 nitrogen and oxygen atoms in total. The molecule has 2 rings (SSSR count). The summed E-state index contributed by atoms with van der Waals surface area (Å²) in [5, 5.41) is 12.9. The van der Waals surface area contributed by atoms with E-state index in [1.807, 2.05) is 6.92 Å². The zero-order valence-electron chi connectivity index (χ0n) is 13.4. The summed E-state index contributed by atoms with van der Waals surface area (Å²) in [4.78, 5) is 14.0. The Balaban J connectivity index is 1.93. The molecule has 1 saturated heterocycles. The summed E-state index contributed by atoms with van der Waals surface area (Å²) >= 11 is 0. The Hall–Kier alpha value is -0.650. The van der Waals surface area contributed by atoms with E-state index in [1.54, 1.807) is 0 Å². The molecule has 21 heavy (non-hydrogen) atoms. The van der Waals surface area contributed by atoms with Crippen LogP contribution in [0.5, 0.6) is 0 Å². The van der Waals surface area contributed by atoms with Crippen molar-refractivity contribution in [3.63, 3.8) is 0 Å². The van der Waals surface area contributed by atoms with E-state index in [4.69, 9.17) is 4.74 Å². The number of aliphatic carboxylic acids is 1. The highest BCUT2D eigenvalue weighted by molar-refractivity contribution is 5.79. The maximum absolute atomic E-state index is 11.7. The first-order chi connectivity index (χ1) is 10.1. The van der Waals surface area contributed by atoms with Gasteiger partial charge in [-0.05, 0) is 58.5 Å². The third-order valence-electron chi connectivity index (χ3n) is 5.04. The van der Waals surface area contributed by atoms with Gasteiger partial charge in [-0.3, -0.25) is 4.79 Å². The smallest absolute Gasteiger partial charge is 0.323 e. The SMILES string of the molecule is CCNC1(C(=O)O)CCCC(N(C)CC2CCCCO2)C1. The Morgan fingerprint density at radius 2 is 2.19 bits per heavy atom. The second-order valence-electron chi connectivity index (χ2n) is 6.60. The first kappa shape index (κ1) is 16.7. The van der Waals surface area contributed by atoms with E-state index >= 15 is 0 Å². The number of likely N-dealkylation sites (N-methyl/N-ethyl adjacent to an activating group) is 2. The molecule has 0 bridgehead atoms. The quantitative estimate of drug-likeness (QED) is 0.784. The molecule has 1 heterocycles. The number of hydrogen-bond acceptors (Lipinski definition) is 4. The highest BCUT2D eigenvalue weighted by Gasteiger charge is 2.43. The minimum atomic E-state index is -0.737. The number of ether oxygens (including phenoxy) is 1. The van der Waals surface area contributed by atoms with Gasteiger partial charge < -0.3 is 20.1 Å². The molecule has 0 aromatic rings. The Labute approximate surface area is 128 Å². The summed E-state index contributed by atoms with van der Waals surface area (Å²) in [6, 6.07) is 0.333. The van der Waals surface area contributed by atoms with Crippen LogP contribution in [0.15, 0.2) is 0 Å².